The minimum Gasteiger partial charge on any atom is -0.489 e. The van der Waals surface area contributed by atoms with E-state index < -0.39 is 16.6 Å². The molecule has 8 heteroatoms. The Morgan fingerprint density at radius 2 is 1.55 bits per heavy atom. The first-order valence-electron chi connectivity index (χ1n) is 10.4. The quantitative estimate of drug-likeness (QED) is 0.471. The summed E-state index contributed by atoms with van der Waals surface area (Å²) < 4.78 is 18.5. The molecule has 0 amide bonds. The molecular weight excluding hydrogens is 422 g/mol. The maximum Gasteiger partial charge on any atom is 0.232 e. The van der Waals surface area contributed by atoms with Gasteiger partial charge in [-0.1, -0.05) is 42.5 Å². The Morgan fingerprint density at radius 3 is 2.16 bits per heavy atom. The monoisotopic (exact) mass is 453 g/mol. The molecule has 0 aliphatic carbocycles. The summed E-state index contributed by atoms with van der Waals surface area (Å²) in [4.78, 5) is 8.48. The van der Waals surface area contributed by atoms with E-state index in [1.807, 2.05) is 30.3 Å². The number of nitrogens with zero attached hydrogens (tertiary/aromatic N) is 2. The lowest BCUT2D eigenvalue weighted by Gasteiger charge is -2.34. The molecule has 0 bridgehead atoms. The van der Waals surface area contributed by atoms with Gasteiger partial charge in [-0.25, -0.2) is 4.98 Å². The van der Waals surface area contributed by atoms with E-state index >= 15 is 0 Å². The predicted molar refractivity (Wildman–Crippen MR) is 128 cm³/mol. The van der Waals surface area contributed by atoms with Crippen molar-refractivity contribution in [2.45, 2.75) is 39.3 Å². The van der Waals surface area contributed by atoms with Gasteiger partial charge in [0.25, 0.3) is 0 Å². The van der Waals surface area contributed by atoms with Gasteiger partial charge in [0.05, 0.1) is 18.1 Å². The van der Waals surface area contributed by atoms with E-state index in [1.54, 1.807) is 12.4 Å². The molecule has 2 N–H and O–H groups in total. The summed E-state index contributed by atoms with van der Waals surface area (Å²) in [6, 6.07) is 18.5. The maximum absolute atomic E-state index is 6.69. The molecule has 0 atom stereocenters. The molecule has 164 valence electrons. The third kappa shape index (κ3) is 7.00. The fraction of sp³-hybridized carbons (Fsp3) is 0.304. The average molecular weight is 454 g/mol. The normalized spacial score (nSPS) is 11.9. The third-order valence-corrected chi connectivity index (χ3v) is 11.6. The first-order chi connectivity index (χ1) is 14.8. The van der Waals surface area contributed by atoms with Crippen molar-refractivity contribution >= 4 is 21.8 Å². The molecule has 0 radical (unpaired) electrons. The molecule has 0 saturated carbocycles. The number of hydrogen-bond acceptors (Lipinski definition) is 6. The fourth-order valence-corrected chi connectivity index (χ4v) is 10.9. The van der Waals surface area contributed by atoms with E-state index in [0.717, 1.165) is 17.0 Å². The van der Waals surface area contributed by atoms with E-state index in [1.165, 1.54) is 5.19 Å². The number of benzene rings is 2. The van der Waals surface area contributed by atoms with Gasteiger partial charge in [-0.2, -0.15) is 0 Å². The summed E-state index contributed by atoms with van der Waals surface area (Å²) in [5, 5.41) is 1.23. The Hall–Kier alpha value is -2.53. The fourth-order valence-electron chi connectivity index (χ4n) is 3.24. The van der Waals surface area contributed by atoms with Crippen molar-refractivity contribution < 1.29 is 13.6 Å². The molecule has 0 saturated heterocycles. The van der Waals surface area contributed by atoms with Crippen LogP contribution < -0.4 is 20.4 Å². The van der Waals surface area contributed by atoms with E-state index in [-0.39, 0.29) is 0 Å². The van der Waals surface area contributed by atoms with E-state index in [4.69, 9.17) is 19.3 Å². The van der Waals surface area contributed by atoms with E-state index in [0.29, 0.717) is 25.3 Å². The van der Waals surface area contributed by atoms with Gasteiger partial charge in [-0.05, 0) is 49.1 Å². The Labute approximate surface area is 186 Å². The molecule has 0 unspecified atom stereocenters. The Morgan fingerprint density at radius 1 is 0.839 bits per heavy atom. The van der Waals surface area contributed by atoms with Gasteiger partial charge in [0.2, 0.25) is 22.5 Å². The molecule has 1 heterocycles. The van der Waals surface area contributed by atoms with Crippen molar-refractivity contribution in [1.82, 2.24) is 9.97 Å². The van der Waals surface area contributed by atoms with E-state index in [2.05, 4.69) is 60.4 Å². The summed E-state index contributed by atoms with van der Waals surface area (Å²) in [6.07, 6.45) is 3.77. The second-order valence-electron chi connectivity index (χ2n) is 8.51. The van der Waals surface area contributed by atoms with Crippen molar-refractivity contribution in [3.63, 3.8) is 0 Å². The van der Waals surface area contributed by atoms with Crippen LogP contribution in [0, 0.1) is 0 Å². The van der Waals surface area contributed by atoms with E-state index in [9.17, 15) is 0 Å². The van der Waals surface area contributed by atoms with Crippen molar-refractivity contribution in [3.05, 3.63) is 78.2 Å². The first-order valence-corrected chi connectivity index (χ1v) is 16.4. The SMILES string of the molecule is C[Si](C)(COc1cnc(CN)cn1)O[Si](C)(C)c1ccc(OCc2ccccc2)cc1. The third-order valence-electron chi connectivity index (χ3n) is 4.79. The maximum atomic E-state index is 6.69. The average Bonchev–Trinajstić information content (AvgIpc) is 2.77. The van der Waals surface area contributed by atoms with Crippen LogP contribution in [0.1, 0.15) is 11.3 Å². The van der Waals surface area contributed by atoms with Gasteiger partial charge in [0, 0.05) is 6.54 Å². The Bertz CT molecular complexity index is 950. The first kappa shape index (κ1) is 23.1. The van der Waals surface area contributed by atoms with Gasteiger partial charge in [0.1, 0.15) is 18.6 Å². The molecule has 2 aromatic carbocycles. The predicted octanol–water partition coefficient (Wildman–Crippen LogP) is 3.77. The molecule has 6 nitrogen and oxygen atoms in total. The van der Waals surface area contributed by atoms with Crippen molar-refractivity contribution in [2.24, 2.45) is 5.73 Å². The number of ether oxygens (including phenoxy) is 2. The minimum absolute atomic E-state index is 0.368. The van der Waals surface area contributed by atoms with Gasteiger partial charge < -0.3 is 19.3 Å². The minimum atomic E-state index is -2.10. The Kier molecular flexibility index (Phi) is 7.61. The summed E-state index contributed by atoms with van der Waals surface area (Å²) in [5.74, 6) is 1.36. The highest BCUT2D eigenvalue weighted by atomic mass is 28.4. The lowest BCUT2D eigenvalue weighted by Crippen LogP contribution is -2.55. The molecule has 0 aliphatic heterocycles. The van der Waals surface area contributed by atoms with Crippen LogP contribution in [0.3, 0.4) is 0 Å². The lowest BCUT2D eigenvalue weighted by molar-refractivity contribution is 0.306. The summed E-state index contributed by atoms with van der Waals surface area (Å²) in [5.41, 5.74) is 7.45. The number of hydrogen-bond donors (Lipinski definition) is 1. The zero-order valence-corrected chi connectivity index (χ0v) is 20.7. The molecule has 0 fully saturated rings. The highest BCUT2D eigenvalue weighted by Crippen LogP contribution is 2.18. The highest BCUT2D eigenvalue weighted by molar-refractivity contribution is 6.92. The van der Waals surface area contributed by atoms with Crippen LogP contribution in [0.4, 0.5) is 0 Å². The summed E-state index contributed by atoms with van der Waals surface area (Å²) >= 11 is 0. The van der Waals surface area contributed by atoms with Crippen LogP contribution >= 0.6 is 0 Å². The molecule has 0 aliphatic rings. The molecule has 0 spiro atoms. The van der Waals surface area contributed by atoms with Gasteiger partial charge in [-0.3, -0.25) is 4.98 Å². The summed E-state index contributed by atoms with van der Waals surface area (Å²) in [7, 11) is -4.19. The van der Waals surface area contributed by atoms with Gasteiger partial charge in [0.15, 0.2) is 0 Å². The second kappa shape index (κ2) is 10.2. The van der Waals surface area contributed by atoms with Crippen molar-refractivity contribution in [1.29, 1.82) is 0 Å². The van der Waals surface area contributed by atoms with Crippen LogP contribution in [-0.2, 0) is 17.3 Å². The largest absolute Gasteiger partial charge is 0.489 e. The van der Waals surface area contributed by atoms with Crippen LogP contribution in [-0.4, -0.2) is 32.8 Å². The molecule has 3 aromatic rings. The number of aromatic nitrogens is 2. The zero-order valence-electron chi connectivity index (χ0n) is 18.7. The molecule has 31 heavy (non-hydrogen) atoms. The second-order valence-corrected chi connectivity index (χ2v) is 16.7. The highest BCUT2D eigenvalue weighted by Gasteiger charge is 2.35. The Balaban J connectivity index is 1.56. The molecular formula is C23H31N3O3Si2. The smallest absolute Gasteiger partial charge is 0.232 e. The van der Waals surface area contributed by atoms with Gasteiger partial charge >= 0.3 is 0 Å². The lowest BCUT2D eigenvalue weighted by atomic mass is 10.2. The van der Waals surface area contributed by atoms with Crippen LogP contribution in [0.25, 0.3) is 0 Å². The molecule has 1 aromatic heterocycles. The number of rotatable bonds is 10. The zero-order chi connectivity index (χ0) is 22.3. The van der Waals surface area contributed by atoms with Crippen molar-refractivity contribution in [3.8, 4) is 11.6 Å². The van der Waals surface area contributed by atoms with Gasteiger partial charge in [-0.15, -0.1) is 0 Å². The van der Waals surface area contributed by atoms with Crippen LogP contribution in [0.5, 0.6) is 11.6 Å². The molecule has 3 rings (SSSR count). The van der Waals surface area contributed by atoms with Crippen molar-refractivity contribution in [2.75, 3.05) is 6.23 Å². The topological polar surface area (TPSA) is 79.5 Å². The number of nitrogens with two attached hydrogens (primary N) is 1. The summed E-state index contributed by atoms with van der Waals surface area (Å²) in [6.45, 7) is 9.70. The van der Waals surface area contributed by atoms with Crippen LogP contribution in [0.2, 0.25) is 26.2 Å². The standard InChI is InChI=1S/C23H31N3O3Si2/c1-30(2,18-28-23-16-25-20(14-24)15-26-23)29-31(3,4)22-12-10-21(11-13-22)27-17-19-8-6-5-7-9-19/h5-13,15-16H,14,17-18,24H2,1-4H3. The van der Waals surface area contributed by atoms with Crippen LogP contribution in [0.15, 0.2) is 67.0 Å².